The predicted octanol–water partition coefficient (Wildman–Crippen LogP) is 4.38. The number of imidazole rings is 1. The van der Waals surface area contributed by atoms with Crippen LogP contribution in [0.4, 0.5) is 5.69 Å². The van der Waals surface area contributed by atoms with E-state index in [2.05, 4.69) is 48.7 Å². The Kier molecular flexibility index (Phi) is 7.10. The minimum absolute atomic E-state index is 0.00782. The number of nitrogens with zero attached hydrogens (tertiary/aromatic N) is 4. The van der Waals surface area contributed by atoms with E-state index in [0.29, 0.717) is 19.5 Å². The number of aromatic nitrogens is 2. The van der Waals surface area contributed by atoms with E-state index < -0.39 is 5.92 Å². The third-order valence-corrected chi connectivity index (χ3v) is 7.33. The number of aryl methyl sites for hydroxylation is 1. The zero-order valence-corrected chi connectivity index (χ0v) is 21.7. The van der Waals surface area contributed by atoms with Crippen LogP contribution >= 0.6 is 0 Å². The van der Waals surface area contributed by atoms with Crippen LogP contribution in [0.1, 0.15) is 39.6 Å². The third kappa shape index (κ3) is 5.02. The van der Waals surface area contributed by atoms with E-state index in [1.54, 1.807) is 0 Å². The van der Waals surface area contributed by atoms with Crippen molar-refractivity contribution in [3.8, 4) is 0 Å². The summed E-state index contributed by atoms with van der Waals surface area (Å²) >= 11 is 0. The zero-order valence-electron chi connectivity index (χ0n) is 21.7. The van der Waals surface area contributed by atoms with Gasteiger partial charge in [0.2, 0.25) is 5.91 Å². The monoisotopic (exact) mass is 494 g/mol. The van der Waals surface area contributed by atoms with Crippen LogP contribution in [0.5, 0.6) is 0 Å². The van der Waals surface area contributed by atoms with Gasteiger partial charge in [-0.25, -0.2) is 4.98 Å². The van der Waals surface area contributed by atoms with Crippen LogP contribution in [0.25, 0.3) is 0 Å². The van der Waals surface area contributed by atoms with Gasteiger partial charge in [0.25, 0.3) is 0 Å². The van der Waals surface area contributed by atoms with Crippen molar-refractivity contribution in [2.24, 2.45) is 0 Å². The standard InChI is InChI=1S/C31H34N4O2/c1-22-16-23(14-15-28(22)33(2)3)18-34-21-32-27-19-35(26(20-36)17-29(27)34)31(37)30(24-10-6-4-7-11-24)25-12-8-5-9-13-25/h4-16,21,26,30,36H,17-20H2,1-3H3. The molecule has 0 saturated heterocycles. The number of aliphatic hydroxyl groups is 1. The largest absolute Gasteiger partial charge is 0.394 e. The van der Waals surface area contributed by atoms with E-state index in [1.807, 2.05) is 71.9 Å². The van der Waals surface area contributed by atoms with Crippen LogP contribution in [0.3, 0.4) is 0 Å². The Labute approximate surface area is 218 Å². The van der Waals surface area contributed by atoms with Gasteiger partial charge in [0.05, 0.1) is 37.1 Å². The number of hydrogen-bond donors (Lipinski definition) is 1. The molecular formula is C31H34N4O2. The van der Waals surface area contributed by atoms with Crippen LogP contribution in [0, 0.1) is 6.92 Å². The van der Waals surface area contributed by atoms with Crippen LogP contribution in [-0.2, 0) is 24.3 Å². The Morgan fingerprint density at radius 1 is 1.03 bits per heavy atom. The first-order valence-electron chi connectivity index (χ1n) is 12.8. The summed E-state index contributed by atoms with van der Waals surface area (Å²) in [7, 11) is 4.10. The van der Waals surface area contributed by atoms with Gasteiger partial charge in [0, 0.05) is 38.4 Å². The number of fused-ring (bicyclic) bond motifs is 1. The highest BCUT2D eigenvalue weighted by atomic mass is 16.3. The van der Waals surface area contributed by atoms with Gasteiger partial charge in [-0.15, -0.1) is 0 Å². The first kappa shape index (κ1) is 24.8. The van der Waals surface area contributed by atoms with E-state index in [-0.39, 0.29) is 18.6 Å². The molecule has 1 amide bonds. The minimum Gasteiger partial charge on any atom is -0.394 e. The molecular weight excluding hydrogens is 460 g/mol. The number of aliphatic hydroxyl groups excluding tert-OH is 1. The number of hydrogen-bond acceptors (Lipinski definition) is 4. The van der Waals surface area contributed by atoms with Gasteiger partial charge in [-0.1, -0.05) is 72.8 Å². The number of benzene rings is 3. The molecule has 0 radical (unpaired) electrons. The Bertz CT molecular complexity index is 1330. The van der Waals surface area contributed by atoms with E-state index >= 15 is 0 Å². The quantitative estimate of drug-likeness (QED) is 0.414. The van der Waals surface area contributed by atoms with Crippen molar-refractivity contribution in [3.63, 3.8) is 0 Å². The molecule has 190 valence electrons. The maximum absolute atomic E-state index is 14.1. The summed E-state index contributed by atoms with van der Waals surface area (Å²) in [5.74, 6) is -0.440. The lowest BCUT2D eigenvalue weighted by atomic mass is 9.88. The summed E-state index contributed by atoms with van der Waals surface area (Å²) in [5.41, 5.74) is 7.53. The van der Waals surface area contributed by atoms with Crippen molar-refractivity contribution < 1.29 is 9.90 Å². The molecule has 1 aliphatic heterocycles. The smallest absolute Gasteiger partial charge is 0.235 e. The van der Waals surface area contributed by atoms with Gasteiger partial charge >= 0.3 is 0 Å². The fourth-order valence-electron chi connectivity index (χ4n) is 5.45. The summed E-state index contributed by atoms with van der Waals surface area (Å²) in [6, 6.07) is 26.0. The average molecular weight is 495 g/mol. The molecule has 3 aromatic carbocycles. The Balaban J connectivity index is 1.43. The molecule has 6 nitrogen and oxygen atoms in total. The lowest BCUT2D eigenvalue weighted by Crippen LogP contribution is -2.48. The molecule has 5 rings (SSSR count). The predicted molar refractivity (Wildman–Crippen MR) is 147 cm³/mol. The number of anilines is 1. The number of rotatable bonds is 7. The van der Waals surface area contributed by atoms with Crippen LogP contribution in [0.2, 0.25) is 0 Å². The van der Waals surface area contributed by atoms with Crippen molar-refractivity contribution in [3.05, 3.63) is 119 Å². The topological polar surface area (TPSA) is 61.6 Å². The molecule has 0 bridgehead atoms. The lowest BCUT2D eigenvalue weighted by Gasteiger charge is -2.37. The highest BCUT2D eigenvalue weighted by molar-refractivity contribution is 5.87. The number of carbonyl (C=O) groups is 1. The average Bonchev–Trinajstić information content (AvgIpc) is 3.30. The van der Waals surface area contributed by atoms with Crippen molar-refractivity contribution >= 4 is 11.6 Å². The second-order valence-electron chi connectivity index (χ2n) is 10.0. The number of carbonyl (C=O) groups excluding carboxylic acids is 1. The third-order valence-electron chi connectivity index (χ3n) is 7.33. The van der Waals surface area contributed by atoms with E-state index in [0.717, 1.165) is 22.5 Å². The molecule has 0 fully saturated rings. The van der Waals surface area contributed by atoms with Gasteiger partial charge in [0.15, 0.2) is 0 Å². The van der Waals surface area contributed by atoms with Crippen molar-refractivity contribution in [2.45, 2.75) is 38.4 Å². The van der Waals surface area contributed by atoms with Gasteiger partial charge in [0.1, 0.15) is 0 Å². The van der Waals surface area contributed by atoms with Gasteiger partial charge in [-0.05, 0) is 35.2 Å². The van der Waals surface area contributed by atoms with Gasteiger partial charge in [-0.3, -0.25) is 4.79 Å². The normalized spacial score (nSPS) is 15.1. The summed E-state index contributed by atoms with van der Waals surface area (Å²) in [6.07, 6.45) is 2.44. The summed E-state index contributed by atoms with van der Waals surface area (Å²) in [5, 5.41) is 10.4. The lowest BCUT2D eigenvalue weighted by molar-refractivity contribution is -0.136. The first-order valence-corrected chi connectivity index (χ1v) is 12.8. The summed E-state index contributed by atoms with van der Waals surface area (Å²) in [4.78, 5) is 22.7. The van der Waals surface area contributed by atoms with Crippen molar-refractivity contribution in [1.29, 1.82) is 0 Å². The van der Waals surface area contributed by atoms with E-state index in [4.69, 9.17) is 4.98 Å². The minimum atomic E-state index is -0.432. The van der Waals surface area contributed by atoms with Crippen LogP contribution in [0.15, 0.2) is 85.2 Å². The maximum atomic E-state index is 14.1. The summed E-state index contributed by atoms with van der Waals surface area (Å²) < 4.78 is 2.16. The Morgan fingerprint density at radius 3 is 2.24 bits per heavy atom. The molecule has 0 aliphatic carbocycles. The first-order chi connectivity index (χ1) is 18.0. The van der Waals surface area contributed by atoms with Gasteiger partial charge in [-0.2, -0.15) is 0 Å². The van der Waals surface area contributed by atoms with Gasteiger partial charge < -0.3 is 19.5 Å². The molecule has 4 aromatic rings. The molecule has 1 aliphatic rings. The second kappa shape index (κ2) is 10.6. The molecule has 0 saturated carbocycles. The molecule has 1 unspecified atom stereocenters. The fraction of sp³-hybridized carbons (Fsp3) is 0.290. The highest BCUT2D eigenvalue weighted by Crippen LogP contribution is 2.32. The number of amides is 1. The van der Waals surface area contributed by atoms with Crippen LogP contribution < -0.4 is 4.90 Å². The highest BCUT2D eigenvalue weighted by Gasteiger charge is 2.36. The maximum Gasteiger partial charge on any atom is 0.235 e. The SMILES string of the molecule is Cc1cc(Cn2cnc3c2CC(CO)N(C(=O)C(c2ccccc2)c2ccccc2)C3)ccc1N(C)C. The van der Waals surface area contributed by atoms with Crippen molar-refractivity contribution in [2.75, 3.05) is 25.6 Å². The molecule has 1 aromatic heterocycles. The molecule has 1 atom stereocenters. The Morgan fingerprint density at radius 2 is 1.68 bits per heavy atom. The second-order valence-corrected chi connectivity index (χ2v) is 10.0. The molecule has 1 N–H and O–H groups in total. The molecule has 2 heterocycles. The molecule has 6 heteroatoms. The fourth-order valence-corrected chi connectivity index (χ4v) is 5.45. The van der Waals surface area contributed by atoms with Crippen LogP contribution in [-0.4, -0.2) is 52.2 Å². The van der Waals surface area contributed by atoms with Crippen molar-refractivity contribution in [1.82, 2.24) is 14.5 Å². The molecule has 37 heavy (non-hydrogen) atoms. The molecule has 0 spiro atoms. The zero-order chi connectivity index (χ0) is 25.9. The van der Waals surface area contributed by atoms with E-state index in [1.165, 1.54) is 16.8 Å². The Hall–Kier alpha value is -3.90. The van der Waals surface area contributed by atoms with E-state index in [9.17, 15) is 9.90 Å². The summed E-state index contributed by atoms with van der Waals surface area (Å²) in [6.45, 7) is 3.13.